The summed E-state index contributed by atoms with van der Waals surface area (Å²) in [6, 6.07) is 8.97. The molecule has 3 fully saturated rings. The highest BCUT2D eigenvalue weighted by atomic mass is 16.8. The van der Waals surface area contributed by atoms with Gasteiger partial charge in [0.15, 0.2) is 18.3 Å². The number of ether oxygens (including phenoxy) is 10. The van der Waals surface area contributed by atoms with Gasteiger partial charge in [0, 0.05) is 46.6 Å². The minimum absolute atomic E-state index is 0.221. The van der Waals surface area contributed by atoms with E-state index in [1.54, 1.807) is 30.3 Å². The van der Waals surface area contributed by atoms with E-state index in [1.165, 1.54) is 32.3 Å². The predicted octanol–water partition coefficient (Wildman–Crippen LogP) is 1.53. The van der Waals surface area contributed by atoms with E-state index in [4.69, 9.17) is 47.4 Å². The summed E-state index contributed by atoms with van der Waals surface area (Å²) < 4.78 is 57.3. The molecular formula is C34H38O16. The molecule has 0 spiro atoms. The molecule has 2 saturated heterocycles. The second-order valence-corrected chi connectivity index (χ2v) is 12.1. The SMILES string of the molecule is CC(=O)OC[C@]12O[C@H]1[C@@H](OC(C)=O)[C@@H]1C=CO[C@H](O[C@@H]3O[C@H](COC(=O)/C=C/c4ccccc4)[C@@H](OC(C)=O)[C@H](OC(C)=O)[C@H]3OC(C)=O)[C@@H]12. The van der Waals surface area contributed by atoms with Crippen LogP contribution < -0.4 is 0 Å². The summed E-state index contributed by atoms with van der Waals surface area (Å²) >= 11 is 0. The lowest BCUT2D eigenvalue weighted by atomic mass is 9.85. The van der Waals surface area contributed by atoms with Crippen LogP contribution in [0.25, 0.3) is 6.08 Å². The van der Waals surface area contributed by atoms with E-state index in [1.807, 2.05) is 6.07 Å². The molecule has 1 saturated carbocycles. The molecule has 5 rings (SSSR count). The molecule has 0 N–H and O–H groups in total. The number of benzene rings is 1. The molecule has 16 nitrogen and oxygen atoms in total. The smallest absolute Gasteiger partial charge is 0.330 e. The van der Waals surface area contributed by atoms with Crippen LogP contribution in [0.4, 0.5) is 0 Å². The topological polar surface area (TPSA) is 198 Å². The van der Waals surface area contributed by atoms with Crippen LogP contribution in [0.1, 0.15) is 40.2 Å². The minimum Gasteiger partial charge on any atom is -0.472 e. The van der Waals surface area contributed by atoms with Crippen LogP contribution in [0.5, 0.6) is 0 Å². The Bertz CT molecular complexity index is 1520. The normalized spacial score (nSPS) is 33.5. The van der Waals surface area contributed by atoms with Crippen LogP contribution in [-0.2, 0) is 76.1 Å². The van der Waals surface area contributed by atoms with E-state index in [-0.39, 0.29) is 6.61 Å². The monoisotopic (exact) mass is 702 g/mol. The van der Waals surface area contributed by atoms with Crippen molar-refractivity contribution in [2.45, 2.75) is 89.4 Å². The van der Waals surface area contributed by atoms with Gasteiger partial charge in [-0.2, -0.15) is 0 Å². The molecule has 4 aliphatic rings. The number of epoxide rings is 1. The molecule has 270 valence electrons. The number of carbonyl (C=O) groups excluding carboxylic acids is 6. The Morgan fingerprint density at radius 3 is 2.00 bits per heavy atom. The number of carbonyl (C=O) groups is 6. The zero-order chi connectivity index (χ0) is 36.2. The molecule has 0 bridgehead atoms. The number of fused-ring (bicyclic) bond motifs is 3. The highest BCUT2D eigenvalue weighted by Gasteiger charge is 2.78. The second-order valence-electron chi connectivity index (χ2n) is 12.1. The third kappa shape index (κ3) is 8.31. The molecule has 0 amide bonds. The van der Waals surface area contributed by atoms with E-state index in [2.05, 4.69) is 0 Å². The van der Waals surface area contributed by atoms with Crippen LogP contribution in [0.3, 0.4) is 0 Å². The highest BCUT2D eigenvalue weighted by molar-refractivity contribution is 5.87. The fourth-order valence-corrected chi connectivity index (χ4v) is 6.53. The van der Waals surface area contributed by atoms with Crippen molar-refractivity contribution >= 4 is 41.9 Å². The van der Waals surface area contributed by atoms with Crippen molar-refractivity contribution in [3.8, 4) is 0 Å². The number of esters is 6. The third-order valence-electron chi connectivity index (χ3n) is 8.40. The molecule has 3 aliphatic heterocycles. The lowest BCUT2D eigenvalue weighted by molar-refractivity contribution is -0.346. The van der Waals surface area contributed by atoms with Crippen molar-refractivity contribution in [1.82, 2.24) is 0 Å². The standard InChI is InChI=1S/C34H38O16/c1-17(35)43-16-34-26-23(27(31(34)50-34)44-18(2)36)13-14-41-32(26)49-33-30(47-21(5)39)29(46-20(4)38)28(45-19(3)37)24(48-33)15-42-25(40)12-11-22-9-7-6-8-10-22/h6-14,23-24,26-33H,15-16H2,1-5H3/b12-11+/t23-,24-,26-,27+,28-,29+,30-,31+,32-,33+,34-/m1/s1. The van der Waals surface area contributed by atoms with Gasteiger partial charge in [0.25, 0.3) is 0 Å². The summed E-state index contributed by atoms with van der Waals surface area (Å²) in [5, 5.41) is 0. The Labute approximate surface area is 286 Å². The van der Waals surface area contributed by atoms with Gasteiger partial charge in [0.05, 0.1) is 12.2 Å². The van der Waals surface area contributed by atoms with E-state index >= 15 is 0 Å². The van der Waals surface area contributed by atoms with Gasteiger partial charge in [-0.3, -0.25) is 24.0 Å². The van der Waals surface area contributed by atoms with Crippen molar-refractivity contribution < 1.29 is 76.1 Å². The van der Waals surface area contributed by atoms with Gasteiger partial charge in [-0.15, -0.1) is 0 Å². The Morgan fingerprint density at radius 1 is 0.740 bits per heavy atom. The molecule has 50 heavy (non-hydrogen) atoms. The molecule has 1 aromatic carbocycles. The number of rotatable bonds is 12. The van der Waals surface area contributed by atoms with Crippen molar-refractivity contribution in [2.24, 2.45) is 11.8 Å². The first-order valence-electron chi connectivity index (χ1n) is 15.8. The summed E-state index contributed by atoms with van der Waals surface area (Å²) in [6.07, 6.45) is -4.39. The summed E-state index contributed by atoms with van der Waals surface area (Å²) in [7, 11) is 0. The molecule has 0 radical (unpaired) electrons. The van der Waals surface area contributed by atoms with E-state index in [0.717, 1.165) is 26.3 Å². The highest BCUT2D eigenvalue weighted by Crippen LogP contribution is 2.61. The average Bonchev–Trinajstić information content (AvgIpc) is 3.72. The quantitative estimate of drug-likeness (QED) is 0.131. The summed E-state index contributed by atoms with van der Waals surface area (Å²) in [4.78, 5) is 73.4. The zero-order valence-electron chi connectivity index (χ0n) is 27.9. The summed E-state index contributed by atoms with van der Waals surface area (Å²) in [5.41, 5.74) is -0.452. The third-order valence-corrected chi connectivity index (χ3v) is 8.40. The molecule has 16 heteroatoms. The van der Waals surface area contributed by atoms with Crippen LogP contribution in [0.2, 0.25) is 0 Å². The van der Waals surface area contributed by atoms with E-state index < -0.39 is 109 Å². The van der Waals surface area contributed by atoms with Gasteiger partial charge < -0.3 is 47.4 Å². The molecule has 11 atom stereocenters. The lowest BCUT2D eigenvalue weighted by Gasteiger charge is -2.46. The van der Waals surface area contributed by atoms with Crippen molar-refractivity contribution in [2.75, 3.05) is 13.2 Å². The zero-order valence-corrected chi connectivity index (χ0v) is 27.9. The molecule has 0 unspecified atom stereocenters. The maximum absolute atomic E-state index is 12.7. The van der Waals surface area contributed by atoms with Gasteiger partial charge >= 0.3 is 35.8 Å². The van der Waals surface area contributed by atoms with Gasteiger partial charge in [-0.1, -0.05) is 30.3 Å². The van der Waals surface area contributed by atoms with Crippen molar-refractivity contribution in [3.05, 3.63) is 54.3 Å². The molecule has 0 aromatic heterocycles. The summed E-state index contributed by atoms with van der Waals surface area (Å²) in [5.74, 6) is -5.64. The van der Waals surface area contributed by atoms with Crippen LogP contribution in [0.15, 0.2) is 48.7 Å². The molecule has 1 aliphatic carbocycles. The first-order valence-corrected chi connectivity index (χ1v) is 15.8. The minimum atomic E-state index is -1.59. The largest absolute Gasteiger partial charge is 0.472 e. The van der Waals surface area contributed by atoms with Crippen molar-refractivity contribution in [1.29, 1.82) is 0 Å². The Hall–Kier alpha value is -4.80. The first kappa shape index (κ1) is 36.5. The van der Waals surface area contributed by atoms with Crippen molar-refractivity contribution in [3.63, 3.8) is 0 Å². The van der Waals surface area contributed by atoms with Gasteiger partial charge in [0.1, 0.15) is 37.1 Å². The second kappa shape index (κ2) is 15.4. The van der Waals surface area contributed by atoms with Crippen LogP contribution in [0, 0.1) is 11.8 Å². The number of hydrogen-bond acceptors (Lipinski definition) is 16. The van der Waals surface area contributed by atoms with E-state index in [0.29, 0.717) is 0 Å². The Balaban J connectivity index is 1.44. The first-order chi connectivity index (χ1) is 23.8. The van der Waals surface area contributed by atoms with Crippen LogP contribution in [-0.4, -0.2) is 104 Å². The van der Waals surface area contributed by atoms with Gasteiger partial charge in [-0.25, -0.2) is 4.79 Å². The maximum atomic E-state index is 12.7. The Kier molecular flexibility index (Phi) is 11.2. The molecule has 3 heterocycles. The van der Waals surface area contributed by atoms with E-state index in [9.17, 15) is 28.8 Å². The molecular weight excluding hydrogens is 664 g/mol. The average molecular weight is 703 g/mol. The number of hydrogen-bond donors (Lipinski definition) is 0. The van der Waals surface area contributed by atoms with Gasteiger partial charge in [0.2, 0.25) is 12.6 Å². The lowest BCUT2D eigenvalue weighted by Crippen LogP contribution is -2.64. The van der Waals surface area contributed by atoms with Gasteiger partial charge in [-0.05, 0) is 17.7 Å². The van der Waals surface area contributed by atoms with Crippen LogP contribution >= 0.6 is 0 Å². The Morgan fingerprint density at radius 2 is 1.36 bits per heavy atom. The maximum Gasteiger partial charge on any atom is 0.330 e. The summed E-state index contributed by atoms with van der Waals surface area (Å²) in [6.45, 7) is 5.04. The fourth-order valence-electron chi connectivity index (χ4n) is 6.53. The molecule has 1 aromatic rings. The predicted molar refractivity (Wildman–Crippen MR) is 164 cm³/mol. The fraction of sp³-hybridized carbons (Fsp3) is 0.529.